The summed E-state index contributed by atoms with van der Waals surface area (Å²) in [5.74, 6) is -0.501. The first-order valence-corrected chi connectivity index (χ1v) is 8.68. The van der Waals surface area contributed by atoms with Gasteiger partial charge in [-0.3, -0.25) is 10.1 Å². The Morgan fingerprint density at radius 3 is 2.43 bits per heavy atom. The van der Waals surface area contributed by atoms with E-state index in [2.05, 4.69) is 0 Å². The predicted octanol–water partition coefficient (Wildman–Crippen LogP) is -0.995. The summed E-state index contributed by atoms with van der Waals surface area (Å²) in [5, 5.41) is 10.9. The Balaban J connectivity index is 3.05. The molecular weight excluding hydrogens is 324 g/mol. The first-order chi connectivity index (χ1) is 9.60. The van der Waals surface area contributed by atoms with Crippen LogP contribution in [0.4, 0.5) is 11.4 Å². The molecule has 0 saturated heterocycles. The molecule has 4 N–H and O–H groups in total. The summed E-state index contributed by atoms with van der Waals surface area (Å²) >= 11 is 0. The normalized spacial score (nSPS) is 12.2. The van der Waals surface area contributed by atoms with E-state index in [0.717, 1.165) is 6.07 Å². The van der Waals surface area contributed by atoms with Crippen LogP contribution < -0.4 is 15.2 Å². The zero-order valence-electron chi connectivity index (χ0n) is 10.9. The molecule has 1 rings (SSSR count). The van der Waals surface area contributed by atoms with Crippen LogP contribution in [0.15, 0.2) is 23.1 Å². The van der Waals surface area contributed by atoms with Gasteiger partial charge in [-0.25, -0.2) is 26.3 Å². The Bertz CT molecular complexity index is 744. The molecule has 0 unspecified atom stereocenters. The molecule has 21 heavy (non-hydrogen) atoms. The summed E-state index contributed by atoms with van der Waals surface area (Å²) in [4.78, 5) is 9.37. The molecule has 0 aliphatic rings. The van der Waals surface area contributed by atoms with Gasteiger partial charge in [0, 0.05) is 6.54 Å². The van der Waals surface area contributed by atoms with Gasteiger partial charge in [0.05, 0.1) is 10.7 Å². The number of nitrogens with zero attached hydrogens (tertiary/aromatic N) is 1. The van der Waals surface area contributed by atoms with E-state index in [4.69, 9.17) is 5.73 Å². The van der Waals surface area contributed by atoms with Crippen LogP contribution in [0.5, 0.6) is 0 Å². The van der Waals surface area contributed by atoms with Gasteiger partial charge < -0.3 is 5.73 Å². The number of benzene rings is 1. The van der Waals surface area contributed by atoms with E-state index < -0.39 is 47.9 Å². The van der Waals surface area contributed by atoms with Gasteiger partial charge in [-0.05, 0) is 19.2 Å². The van der Waals surface area contributed by atoms with Crippen molar-refractivity contribution in [2.75, 3.05) is 25.1 Å². The minimum absolute atomic E-state index is 0.300. The molecule has 0 spiro atoms. The van der Waals surface area contributed by atoms with Crippen molar-refractivity contribution in [3.8, 4) is 0 Å². The maximum atomic E-state index is 12.0. The molecule has 1 aromatic rings. The van der Waals surface area contributed by atoms with Crippen LogP contribution in [-0.4, -0.2) is 41.1 Å². The second kappa shape index (κ2) is 6.34. The second-order valence-electron chi connectivity index (χ2n) is 3.87. The first-order valence-electron chi connectivity index (χ1n) is 5.54. The average Bonchev–Trinajstić information content (AvgIpc) is 2.37. The molecule has 0 aliphatic carbocycles. The summed E-state index contributed by atoms with van der Waals surface area (Å²) in [6.45, 7) is -0.433. The summed E-state index contributed by atoms with van der Waals surface area (Å²) in [5.41, 5.74) is 4.35. The molecule has 0 heterocycles. The fraction of sp³-hybridized carbons (Fsp3) is 0.333. The number of nitrogen functional groups attached to an aromatic ring is 1. The molecule has 12 heteroatoms. The number of nitrogens with two attached hydrogens (primary N) is 1. The summed E-state index contributed by atoms with van der Waals surface area (Å²) < 4.78 is 50.3. The maximum absolute atomic E-state index is 12.0. The second-order valence-corrected chi connectivity index (χ2v) is 7.65. The van der Waals surface area contributed by atoms with Gasteiger partial charge in [-0.2, -0.15) is 0 Å². The number of nitrogens with one attached hydrogen (secondary N) is 2. The van der Waals surface area contributed by atoms with Crippen LogP contribution in [0.25, 0.3) is 0 Å². The highest BCUT2D eigenvalue weighted by Gasteiger charge is 2.28. The number of rotatable bonds is 7. The summed E-state index contributed by atoms with van der Waals surface area (Å²) in [7, 11) is -6.66. The molecule has 0 amide bonds. The molecule has 0 saturated carbocycles. The lowest BCUT2D eigenvalue weighted by molar-refractivity contribution is -0.386. The van der Waals surface area contributed by atoms with E-state index in [-0.39, 0.29) is 5.69 Å². The average molecular weight is 338 g/mol. The third kappa shape index (κ3) is 4.35. The van der Waals surface area contributed by atoms with Crippen molar-refractivity contribution >= 4 is 31.4 Å². The maximum Gasteiger partial charge on any atom is 0.312 e. The lowest BCUT2D eigenvalue weighted by Crippen LogP contribution is -2.33. The van der Waals surface area contributed by atoms with E-state index in [1.807, 2.05) is 9.44 Å². The topological polar surface area (TPSA) is 162 Å². The molecule has 0 atom stereocenters. The zero-order valence-corrected chi connectivity index (χ0v) is 12.6. The van der Waals surface area contributed by atoms with Crippen molar-refractivity contribution < 1.29 is 21.8 Å². The van der Waals surface area contributed by atoms with Crippen LogP contribution in [-0.2, 0) is 20.0 Å². The van der Waals surface area contributed by atoms with E-state index in [9.17, 15) is 26.9 Å². The minimum atomic E-state index is -4.25. The van der Waals surface area contributed by atoms with Crippen LogP contribution in [0, 0.1) is 10.1 Å². The third-order valence-corrected chi connectivity index (χ3v) is 5.33. The number of anilines is 1. The molecule has 0 aromatic heterocycles. The lowest BCUT2D eigenvalue weighted by atomic mass is 10.3. The number of sulfonamides is 2. The smallest absolute Gasteiger partial charge is 0.312 e. The van der Waals surface area contributed by atoms with Crippen molar-refractivity contribution in [3.63, 3.8) is 0 Å². The largest absolute Gasteiger partial charge is 0.393 e. The van der Waals surface area contributed by atoms with Crippen LogP contribution >= 0.6 is 0 Å². The molecule has 118 valence electrons. The lowest BCUT2D eigenvalue weighted by Gasteiger charge is -2.08. The molecule has 0 fully saturated rings. The van der Waals surface area contributed by atoms with Gasteiger partial charge in [0.1, 0.15) is 5.69 Å². The fourth-order valence-electron chi connectivity index (χ4n) is 1.44. The van der Waals surface area contributed by atoms with Gasteiger partial charge in [0.2, 0.25) is 20.0 Å². The van der Waals surface area contributed by atoms with Gasteiger partial charge in [-0.15, -0.1) is 0 Å². The fourth-order valence-corrected chi connectivity index (χ4v) is 3.38. The molecule has 0 radical (unpaired) electrons. The van der Waals surface area contributed by atoms with Crippen LogP contribution in [0.1, 0.15) is 0 Å². The highest BCUT2D eigenvalue weighted by atomic mass is 32.2. The van der Waals surface area contributed by atoms with Crippen molar-refractivity contribution in [2.45, 2.75) is 4.90 Å². The van der Waals surface area contributed by atoms with Gasteiger partial charge >= 0.3 is 5.69 Å². The molecule has 10 nitrogen and oxygen atoms in total. The van der Waals surface area contributed by atoms with E-state index in [1.54, 1.807) is 0 Å². The van der Waals surface area contributed by atoms with Crippen molar-refractivity contribution in [1.29, 1.82) is 0 Å². The molecular formula is C9H14N4O6S2. The van der Waals surface area contributed by atoms with Crippen molar-refractivity contribution in [1.82, 2.24) is 9.44 Å². The first kappa shape index (κ1) is 17.3. The standard InChI is InChI=1S/C9H14N4O6S2/c1-11-20(16,17)6-5-12-21(18,19)8-4-2-3-7(10)9(8)13(14)15/h2-4,11-12H,5-6,10H2,1H3. The minimum Gasteiger partial charge on any atom is -0.393 e. The van der Waals surface area contributed by atoms with E-state index in [0.29, 0.717) is 0 Å². The Morgan fingerprint density at radius 1 is 1.29 bits per heavy atom. The van der Waals surface area contributed by atoms with Crippen molar-refractivity contribution in [2.24, 2.45) is 0 Å². The molecule has 1 aromatic carbocycles. The van der Waals surface area contributed by atoms with Gasteiger partial charge in [0.15, 0.2) is 4.90 Å². The van der Waals surface area contributed by atoms with E-state index >= 15 is 0 Å². The monoisotopic (exact) mass is 338 g/mol. The Hall–Kier alpha value is -1.76. The number of nitro groups is 1. The number of hydrogen-bond donors (Lipinski definition) is 3. The van der Waals surface area contributed by atoms with Crippen LogP contribution in [0.3, 0.4) is 0 Å². The summed E-state index contributed by atoms with van der Waals surface area (Å²) in [6.07, 6.45) is 0. The number of para-hydroxylation sites is 1. The summed E-state index contributed by atoms with van der Waals surface area (Å²) in [6, 6.07) is 3.47. The Morgan fingerprint density at radius 2 is 1.90 bits per heavy atom. The van der Waals surface area contributed by atoms with Crippen LogP contribution in [0.2, 0.25) is 0 Å². The third-order valence-electron chi connectivity index (χ3n) is 2.48. The predicted molar refractivity (Wildman–Crippen MR) is 75.5 cm³/mol. The SMILES string of the molecule is CNS(=O)(=O)CCNS(=O)(=O)c1cccc(N)c1[N+](=O)[O-]. The Kier molecular flexibility index (Phi) is 5.22. The number of nitro benzene ring substituents is 1. The molecule has 0 aliphatic heterocycles. The van der Waals surface area contributed by atoms with Gasteiger partial charge in [-0.1, -0.05) is 6.07 Å². The highest BCUT2D eigenvalue weighted by molar-refractivity contribution is 7.90. The van der Waals surface area contributed by atoms with Crippen molar-refractivity contribution in [3.05, 3.63) is 28.3 Å². The highest BCUT2D eigenvalue weighted by Crippen LogP contribution is 2.29. The zero-order chi connectivity index (χ0) is 16.3. The van der Waals surface area contributed by atoms with Gasteiger partial charge in [0.25, 0.3) is 0 Å². The number of hydrogen-bond acceptors (Lipinski definition) is 7. The Labute approximate surface area is 121 Å². The van der Waals surface area contributed by atoms with E-state index in [1.165, 1.54) is 19.2 Å². The quantitative estimate of drug-likeness (QED) is 0.326. The molecule has 0 bridgehead atoms.